The van der Waals surface area contributed by atoms with Crippen LogP contribution >= 0.6 is 0 Å². The molecule has 0 radical (unpaired) electrons. The molecule has 20 heavy (non-hydrogen) atoms. The molecule has 1 aliphatic heterocycles. The first-order valence-electron chi connectivity index (χ1n) is 7.75. The van der Waals surface area contributed by atoms with Gasteiger partial charge in [0.1, 0.15) is 11.5 Å². The first-order valence-corrected chi connectivity index (χ1v) is 7.75. The fourth-order valence-electron chi connectivity index (χ4n) is 2.98. The number of aryl methyl sites for hydroxylation is 1. The zero-order chi connectivity index (χ0) is 14.5. The highest BCUT2D eigenvalue weighted by Gasteiger charge is 2.28. The summed E-state index contributed by atoms with van der Waals surface area (Å²) >= 11 is 0. The number of likely N-dealkylation sites (N-methyl/N-ethyl adjacent to an activating group) is 1. The van der Waals surface area contributed by atoms with Crippen molar-refractivity contribution in [2.24, 2.45) is 5.73 Å². The third kappa shape index (κ3) is 3.84. The molecular formula is C16H28N2O2. The number of hydrogen-bond acceptors (Lipinski definition) is 4. The lowest BCUT2D eigenvalue weighted by atomic mass is 10.0. The van der Waals surface area contributed by atoms with Crippen molar-refractivity contribution in [3.05, 3.63) is 23.7 Å². The van der Waals surface area contributed by atoms with Gasteiger partial charge in [-0.05, 0) is 51.8 Å². The van der Waals surface area contributed by atoms with Crippen LogP contribution in [0.25, 0.3) is 0 Å². The van der Waals surface area contributed by atoms with Crippen LogP contribution in [0.15, 0.2) is 16.5 Å². The average molecular weight is 280 g/mol. The van der Waals surface area contributed by atoms with E-state index in [9.17, 15) is 0 Å². The zero-order valence-corrected chi connectivity index (χ0v) is 13.0. The van der Waals surface area contributed by atoms with E-state index < -0.39 is 0 Å². The van der Waals surface area contributed by atoms with E-state index in [0.29, 0.717) is 6.10 Å². The van der Waals surface area contributed by atoms with Gasteiger partial charge in [0.2, 0.25) is 0 Å². The van der Waals surface area contributed by atoms with E-state index in [1.165, 1.54) is 12.8 Å². The summed E-state index contributed by atoms with van der Waals surface area (Å²) in [7, 11) is 2.12. The van der Waals surface area contributed by atoms with Crippen LogP contribution in [0.4, 0.5) is 0 Å². The Morgan fingerprint density at radius 3 is 2.75 bits per heavy atom. The molecule has 0 aliphatic carbocycles. The lowest BCUT2D eigenvalue weighted by molar-refractivity contribution is -0.0122. The molecule has 0 spiro atoms. The van der Waals surface area contributed by atoms with Crippen LogP contribution in [-0.4, -0.2) is 37.2 Å². The third-order valence-electron chi connectivity index (χ3n) is 4.17. The van der Waals surface area contributed by atoms with Crippen molar-refractivity contribution < 1.29 is 9.15 Å². The summed E-state index contributed by atoms with van der Waals surface area (Å²) in [5, 5.41) is 0. The molecule has 2 N–H and O–H groups in total. The minimum Gasteiger partial charge on any atom is -0.465 e. The smallest absolute Gasteiger partial charge is 0.122 e. The maximum absolute atomic E-state index is 6.32. The van der Waals surface area contributed by atoms with Crippen molar-refractivity contribution in [2.75, 3.05) is 20.2 Å². The van der Waals surface area contributed by atoms with E-state index in [1.807, 2.05) is 19.1 Å². The standard InChI is InChI=1S/C16H28N2O2/c1-4-14(17)16(15-9-8-12(2)20-15)18(3)11-13-7-5-6-10-19-13/h8-9,13-14,16H,4-7,10-11,17H2,1-3H3. The van der Waals surface area contributed by atoms with Gasteiger partial charge in [-0.15, -0.1) is 0 Å². The molecule has 0 aromatic carbocycles. The lowest BCUT2D eigenvalue weighted by Crippen LogP contribution is -2.43. The first-order chi connectivity index (χ1) is 9.61. The highest BCUT2D eigenvalue weighted by Crippen LogP contribution is 2.27. The van der Waals surface area contributed by atoms with Gasteiger partial charge in [-0.3, -0.25) is 4.90 Å². The van der Waals surface area contributed by atoms with Gasteiger partial charge in [0.05, 0.1) is 12.1 Å². The highest BCUT2D eigenvalue weighted by atomic mass is 16.5. The molecule has 114 valence electrons. The van der Waals surface area contributed by atoms with Crippen molar-refractivity contribution in [2.45, 2.75) is 57.7 Å². The van der Waals surface area contributed by atoms with E-state index in [1.54, 1.807) is 0 Å². The molecule has 0 bridgehead atoms. The Balaban J connectivity index is 2.05. The van der Waals surface area contributed by atoms with Crippen LogP contribution in [0.3, 0.4) is 0 Å². The molecule has 1 saturated heterocycles. The molecule has 2 heterocycles. The normalized spacial score (nSPS) is 22.9. The fraction of sp³-hybridized carbons (Fsp3) is 0.750. The maximum Gasteiger partial charge on any atom is 0.122 e. The molecule has 3 unspecified atom stereocenters. The van der Waals surface area contributed by atoms with E-state index >= 15 is 0 Å². The van der Waals surface area contributed by atoms with Crippen LogP contribution in [0.2, 0.25) is 0 Å². The quantitative estimate of drug-likeness (QED) is 0.870. The van der Waals surface area contributed by atoms with Crippen LogP contribution in [0.5, 0.6) is 0 Å². The molecule has 4 nitrogen and oxygen atoms in total. The first kappa shape index (κ1) is 15.5. The Hall–Kier alpha value is -0.840. The Morgan fingerprint density at radius 2 is 2.20 bits per heavy atom. The molecule has 1 fully saturated rings. The van der Waals surface area contributed by atoms with Gasteiger partial charge < -0.3 is 14.9 Å². The highest BCUT2D eigenvalue weighted by molar-refractivity contribution is 5.12. The van der Waals surface area contributed by atoms with Crippen molar-refractivity contribution in [3.63, 3.8) is 0 Å². The summed E-state index contributed by atoms with van der Waals surface area (Å²) < 4.78 is 11.7. The van der Waals surface area contributed by atoms with Crippen molar-refractivity contribution in [1.29, 1.82) is 0 Å². The Kier molecular flexibility index (Phi) is 5.64. The van der Waals surface area contributed by atoms with Crippen LogP contribution in [-0.2, 0) is 4.74 Å². The van der Waals surface area contributed by atoms with E-state index in [2.05, 4.69) is 18.9 Å². The van der Waals surface area contributed by atoms with Gasteiger partial charge >= 0.3 is 0 Å². The number of nitrogens with zero attached hydrogens (tertiary/aromatic N) is 1. The molecular weight excluding hydrogens is 252 g/mol. The second-order valence-electron chi connectivity index (χ2n) is 5.89. The van der Waals surface area contributed by atoms with Gasteiger partial charge in [0.15, 0.2) is 0 Å². The van der Waals surface area contributed by atoms with E-state index in [4.69, 9.17) is 14.9 Å². The monoisotopic (exact) mass is 280 g/mol. The third-order valence-corrected chi connectivity index (χ3v) is 4.17. The summed E-state index contributed by atoms with van der Waals surface area (Å²) in [5.74, 6) is 1.91. The Morgan fingerprint density at radius 1 is 1.40 bits per heavy atom. The second-order valence-corrected chi connectivity index (χ2v) is 5.89. The molecule has 3 atom stereocenters. The van der Waals surface area contributed by atoms with Crippen molar-refractivity contribution in [1.82, 2.24) is 4.90 Å². The summed E-state index contributed by atoms with van der Waals surface area (Å²) in [4.78, 5) is 2.29. The van der Waals surface area contributed by atoms with E-state index in [0.717, 1.165) is 37.5 Å². The van der Waals surface area contributed by atoms with Crippen molar-refractivity contribution >= 4 is 0 Å². The predicted molar refractivity (Wildman–Crippen MR) is 80.7 cm³/mol. The van der Waals surface area contributed by atoms with E-state index in [-0.39, 0.29) is 12.1 Å². The largest absolute Gasteiger partial charge is 0.465 e. The summed E-state index contributed by atoms with van der Waals surface area (Å²) in [6.07, 6.45) is 4.87. The van der Waals surface area contributed by atoms with Crippen molar-refractivity contribution in [3.8, 4) is 0 Å². The molecule has 1 aliphatic rings. The fourth-order valence-corrected chi connectivity index (χ4v) is 2.98. The SMILES string of the molecule is CCC(N)C(c1ccc(C)o1)N(C)CC1CCCCO1. The van der Waals surface area contributed by atoms with Gasteiger partial charge in [-0.2, -0.15) is 0 Å². The Bertz CT molecular complexity index is 399. The number of hydrogen-bond donors (Lipinski definition) is 1. The Labute approximate surface area is 122 Å². The molecule has 1 aromatic heterocycles. The zero-order valence-electron chi connectivity index (χ0n) is 13.0. The number of ether oxygens (including phenoxy) is 1. The van der Waals surface area contributed by atoms with Gasteiger partial charge in [0, 0.05) is 19.2 Å². The van der Waals surface area contributed by atoms with Gasteiger partial charge in [0.25, 0.3) is 0 Å². The second kappa shape index (κ2) is 7.25. The molecule has 4 heteroatoms. The number of furan rings is 1. The van der Waals surface area contributed by atoms with Crippen LogP contribution in [0.1, 0.15) is 50.2 Å². The molecule has 0 saturated carbocycles. The summed E-state index contributed by atoms with van der Waals surface area (Å²) in [6.45, 7) is 5.90. The van der Waals surface area contributed by atoms with Gasteiger partial charge in [-0.25, -0.2) is 0 Å². The summed E-state index contributed by atoms with van der Waals surface area (Å²) in [6, 6.07) is 4.26. The van der Waals surface area contributed by atoms with Crippen LogP contribution < -0.4 is 5.73 Å². The number of rotatable bonds is 6. The molecule has 2 rings (SSSR count). The minimum atomic E-state index is 0.0779. The maximum atomic E-state index is 6.32. The minimum absolute atomic E-state index is 0.0779. The number of nitrogens with two attached hydrogens (primary N) is 1. The molecule has 1 aromatic rings. The topological polar surface area (TPSA) is 51.6 Å². The molecule has 0 amide bonds. The van der Waals surface area contributed by atoms with Crippen LogP contribution in [0, 0.1) is 6.92 Å². The lowest BCUT2D eigenvalue weighted by Gasteiger charge is -2.34. The average Bonchev–Trinajstić information content (AvgIpc) is 2.86. The summed E-state index contributed by atoms with van der Waals surface area (Å²) in [5.41, 5.74) is 6.32. The predicted octanol–water partition coefficient (Wildman–Crippen LogP) is 2.87. The van der Waals surface area contributed by atoms with Gasteiger partial charge in [-0.1, -0.05) is 6.92 Å².